The maximum Gasteiger partial charge on any atom is 0.117 e. The fraction of sp³-hybridized carbons (Fsp3) is 0.800. The zero-order valence-corrected chi connectivity index (χ0v) is 8.26. The van der Waals surface area contributed by atoms with Gasteiger partial charge in [-0.25, -0.2) is 0 Å². The highest BCUT2D eigenvalue weighted by Gasteiger charge is 2.10. The maximum atomic E-state index is 9.29. The predicted molar refractivity (Wildman–Crippen MR) is 49.5 cm³/mol. The van der Waals surface area contributed by atoms with Gasteiger partial charge in [-0.2, -0.15) is 0 Å². The molecule has 0 rings (SSSR count). The third-order valence-corrected chi connectivity index (χ3v) is 1.40. The quantitative estimate of drug-likeness (QED) is 0.611. The van der Waals surface area contributed by atoms with Gasteiger partial charge in [-0.1, -0.05) is 25.7 Å². The number of hydrogen-bond acceptors (Lipinski definition) is 2. The van der Waals surface area contributed by atoms with Gasteiger partial charge >= 0.3 is 0 Å². The van der Waals surface area contributed by atoms with Crippen LogP contribution in [0.1, 0.15) is 34.1 Å². The van der Waals surface area contributed by atoms with Crippen LogP contribution in [-0.4, -0.2) is 21.9 Å². The van der Waals surface area contributed by atoms with E-state index in [0.29, 0.717) is 6.42 Å². The van der Waals surface area contributed by atoms with E-state index in [4.69, 9.17) is 0 Å². The lowest BCUT2D eigenvalue weighted by Gasteiger charge is -2.12. The topological polar surface area (TPSA) is 40.5 Å². The third kappa shape index (κ3) is 6.21. The van der Waals surface area contributed by atoms with E-state index in [0.717, 1.165) is 0 Å². The van der Waals surface area contributed by atoms with Crippen molar-refractivity contribution in [3.05, 3.63) is 0 Å². The van der Waals surface area contributed by atoms with Gasteiger partial charge in [0.2, 0.25) is 0 Å². The SMILES string of the molecule is CC(C)C(O)C#CCC(C)(C)O. The molecule has 0 saturated carbocycles. The summed E-state index contributed by atoms with van der Waals surface area (Å²) in [5, 5.41) is 18.6. The highest BCUT2D eigenvalue weighted by atomic mass is 16.3. The van der Waals surface area contributed by atoms with Gasteiger partial charge in [0.25, 0.3) is 0 Å². The molecule has 2 nitrogen and oxygen atoms in total. The minimum atomic E-state index is -0.760. The molecule has 0 bridgehead atoms. The number of hydrogen-bond donors (Lipinski definition) is 2. The summed E-state index contributed by atoms with van der Waals surface area (Å²) in [6, 6.07) is 0. The molecule has 0 saturated heterocycles. The molecule has 0 aromatic rings. The van der Waals surface area contributed by atoms with E-state index in [1.54, 1.807) is 13.8 Å². The molecule has 0 aliphatic heterocycles. The molecule has 12 heavy (non-hydrogen) atoms. The van der Waals surface area contributed by atoms with Crippen LogP contribution in [0.4, 0.5) is 0 Å². The monoisotopic (exact) mass is 170 g/mol. The fourth-order valence-corrected chi connectivity index (χ4v) is 0.539. The van der Waals surface area contributed by atoms with Crippen LogP contribution in [-0.2, 0) is 0 Å². The molecule has 2 N–H and O–H groups in total. The molecule has 0 aromatic carbocycles. The molecule has 0 radical (unpaired) electrons. The average Bonchev–Trinajstić information content (AvgIpc) is 1.84. The Kier molecular flexibility index (Phi) is 4.30. The summed E-state index contributed by atoms with van der Waals surface area (Å²) in [5.41, 5.74) is -0.760. The molecule has 0 fully saturated rings. The van der Waals surface area contributed by atoms with Gasteiger partial charge in [0.05, 0.1) is 5.60 Å². The van der Waals surface area contributed by atoms with Crippen molar-refractivity contribution in [2.24, 2.45) is 5.92 Å². The lowest BCUT2D eigenvalue weighted by molar-refractivity contribution is 0.0860. The summed E-state index contributed by atoms with van der Waals surface area (Å²) >= 11 is 0. The number of aliphatic hydroxyl groups excluding tert-OH is 1. The van der Waals surface area contributed by atoms with Crippen molar-refractivity contribution < 1.29 is 10.2 Å². The van der Waals surface area contributed by atoms with E-state index in [-0.39, 0.29) is 5.92 Å². The van der Waals surface area contributed by atoms with Crippen LogP contribution in [0.15, 0.2) is 0 Å². The molecule has 1 unspecified atom stereocenters. The van der Waals surface area contributed by atoms with E-state index in [2.05, 4.69) is 11.8 Å². The van der Waals surface area contributed by atoms with Gasteiger partial charge in [-0.3, -0.25) is 0 Å². The van der Waals surface area contributed by atoms with Crippen molar-refractivity contribution in [1.82, 2.24) is 0 Å². The summed E-state index contributed by atoms with van der Waals surface area (Å²) in [4.78, 5) is 0. The Labute approximate surface area is 74.6 Å². The van der Waals surface area contributed by atoms with Gasteiger partial charge in [0, 0.05) is 6.42 Å². The zero-order valence-electron chi connectivity index (χ0n) is 8.26. The molecule has 0 amide bonds. The molecule has 0 aromatic heterocycles. The van der Waals surface area contributed by atoms with Crippen LogP contribution < -0.4 is 0 Å². The van der Waals surface area contributed by atoms with E-state index >= 15 is 0 Å². The van der Waals surface area contributed by atoms with Gasteiger partial charge in [-0.15, -0.1) is 0 Å². The van der Waals surface area contributed by atoms with Crippen LogP contribution in [0, 0.1) is 17.8 Å². The summed E-state index contributed by atoms with van der Waals surface area (Å²) in [5.74, 6) is 5.59. The van der Waals surface area contributed by atoms with E-state index < -0.39 is 11.7 Å². The van der Waals surface area contributed by atoms with E-state index in [1.165, 1.54) is 0 Å². The molecule has 0 spiro atoms. The molecule has 70 valence electrons. The minimum absolute atomic E-state index is 0.152. The van der Waals surface area contributed by atoms with E-state index in [9.17, 15) is 10.2 Å². The summed E-state index contributed by atoms with van der Waals surface area (Å²) in [6.45, 7) is 7.21. The summed E-state index contributed by atoms with van der Waals surface area (Å²) in [6.07, 6.45) is -0.177. The lowest BCUT2D eigenvalue weighted by Crippen LogP contribution is -2.17. The van der Waals surface area contributed by atoms with Crippen LogP contribution in [0.5, 0.6) is 0 Å². The average molecular weight is 170 g/mol. The standard InChI is InChI=1S/C10H18O2/c1-8(2)9(11)6-5-7-10(3,4)12/h8-9,11-12H,7H2,1-4H3. The first kappa shape index (κ1) is 11.5. The first-order valence-electron chi connectivity index (χ1n) is 4.22. The highest BCUT2D eigenvalue weighted by Crippen LogP contribution is 2.05. The molecule has 2 heteroatoms. The normalized spacial score (nSPS) is 13.9. The Morgan fingerprint density at radius 1 is 1.33 bits per heavy atom. The van der Waals surface area contributed by atoms with Crippen molar-refractivity contribution in [1.29, 1.82) is 0 Å². The van der Waals surface area contributed by atoms with Crippen LogP contribution >= 0.6 is 0 Å². The Morgan fingerprint density at radius 3 is 2.17 bits per heavy atom. The molecule has 0 aliphatic carbocycles. The molecular formula is C10H18O2. The van der Waals surface area contributed by atoms with Crippen molar-refractivity contribution in [3.8, 4) is 11.8 Å². The second-order valence-electron chi connectivity index (χ2n) is 4.00. The summed E-state index contributed by atoms with van der Waals surface area (Å²) in [7, 11) is 0. The Morgan fingerprint density at radius 2 is 1.83 bits per heavy atom. The Bertz CT molecular complexity index is 178. The predicted octanol–water partition coefficient (Wildman–Crippen LogP) is 1.17. The Hall–Kier alpha value is -0.520. The molecule has 0 aliphatic rings. The third-order valence-electron chi connectivity index (χ3n) is 1.40. The van der Waals surface area contributed by atoms with Crippen molar-refractivity contribution in [2.75, 3.05) is 0 Å². The second kappa shape index (κ2) is 4.49. The number of rotatable bonds is 2. The van der Waals surface area contributed by atoms with Gasteiger partial charge in [0.15, 0.2) is 0 Å². The minimum Gasteiger partial charge on any atom is -0.389 e. The largest absolute Gasteiger partial charge is 0.389 e. The summed E-state index contributed by atoms with van der Waals surface area (Å²) < 4.78 is 0. The van der Waals surface area contributed by atoms with Crippen molar-refractivity contribution in [3.63, 3.8) is 0 Å². The van der Waals surface area contributed by atoms with Gasteiger partial charge in [-0.05, 0) is 19.8 Å². The van der Waals surface area contributed by atoms with Crippen molar-refractivity contribution >= 4 is 0 Å². The first-order valence-corrected chi connectivity index (χ1v) is 4.22. The first-order chi connectivity index (χ1) is 5.33. The molecule has 1 atom stereocenters. The second-order valence-corrected chi connectivity index (χ2v) is 4.00. The maximum absolute atomic E-state index is 9.29. The van der Waals surface area contributed by atoms with Crippen molar-refractivity contribution in [2.45, 2.75) is 45.8 Å². The Balaban J connectivity index is 3.89. The van der Waals surface area contributed by atoms with E-state index in [1.807, 2.05) is 13.8 Å². The molecular weight excluding hydrogens is 152 g/mol. The van der Waals surface area contributed by atoms with Crippen LogP contribution in [0.25, 0.3) is 0 Å². The number of aliphatic hydroxyl groups is 2. The van der Waals surface area contributed by atoms with Crippen LogP contribution in [0.2, 0.25) is 0 Å². The zero-order chi connectivity index (χ0) is 9.78. The van der Waals surface area contributed by atoms with Gasteiger partial charge < -0.3 is 10.2 Å². The fourth-order valence-electron chi connectivity index (χ4n) is 0.539. The molecule has 0 heterocycles. The highest BCUT2D eigenvalue weighted by molar-refractivity contribution is 5.07. The smallest absolute Gasteiger partial charge is 0.117 e. The van der Waals surface area contributed by atoms with Gasteiger partial charge in [0.1, 0.15) is 6.10 Å². The lowest BCUT2D eigenvalue weighted by atomic mass is 10.0. The van der Waals surface area contributed by atoms with Crippen LogP contribution in [0.3, 0.4) is 0 Å².